The van der Waals surface area contributed by atoms with Crippen LogP contribution in [0.4, 0.5) is 5.69 Å². The Hall–Kier alpha value is -3.27. The van der Waals surface area contributed by atoms with Gasteiger partial charge in [-0.3, -0.25) is 9.59 Å². The summed E-state index contributed by atoms with van der Waals surface area (Å²) in [6.07, 6.45) is 2.46. The van der Waals surface area contributed by atoms with Crippen molar-refractivity contribution in [1.29, 1.82) is 5.26 Å². The van der Waals surface area contributed by atoms with Gasteiger partial charge in [-0.15, -0.1) is 0 Å². The van der Waals surface area contributed by atoms with Gasteiger partial charge in [-0.1, -0.05) is 35.3 Å². The molecular formula is C21H14Cl2N4O2. The van der Waals surface area contributed by atoms with Crippen LogP contribution in [0.1, 0.15) is 28.2 Å². The Bertz CT molecular complexity index is 1100. The fourth-order valence-corrected chi connectivity index (χ4v) is 2.96. The summed E-state index contributed by atoms with van der Waals surface area (Å²) in [6, 6.07) is 15.2. The molecule has 0 radical (unpaired) electrons. The molecule has 0 aliphatic heterocycles. The smallest absolute Gasteiger partial charge is 0.235 e. The highest BCUT2D eigenvalue weighted by molar-refractivity contribution is 6.42. The van der Waals surface area contributed by atoms with E-state index >= 15 is 0 Å². The highest BCUT2D eigenvalue weighted by Crippen LogP contribution is 2.25. The van der Waals surface area contributed by atoms with Gasteiger partial charge in [-0.2, -0.15) is 5.26 Å². The molecule has 3 aromatic rings. The molecule has 8 heteroatoms. The van der Waals surface area contributed by atoms with Gasteiger partial charge in [0.25, 0.3) is 0 Å². The van der Waals surface area contributed by atoms with Gasteiger partial charge in [0.05, 0.1) is 34.6 Å². The summed E-state index contributed by atoms with van der Waals surface area (Å²) < 4.78 is 0. The molecule has 144 valence electrons. The molecule has 1 amide bonds. The highest BCUT2D eigenvalue weighted by atomic mass is 35.5. The van der Waals surface area contributed by atoms with E-state index in [1.165, 1.54) is 17.3 Å². The largest absolute Gasteiger partial charge is 0.308 e. The normalized spacial score (nSPS) is 10.2. The van der Waals surface area contributed by atoms with Crippen LogP contribution < -0.4 is 4.90 Å². The topological polar surface area (TPSA) is 87.0 Å². The number of carbonyl (C=O) groups excluding carboxylic acids is 2. The summed E-state index contributed by atoms with van der Waals surface area (Å²) in [5.41, 5.74) is 1.60. The van der Waals surface area contributed by atoms with Crippen LogP contribution in [-0.4, -0.2) is 21.7 Å². The van der Waals surface area contributed by atoms with Crippen molar-refractivity contribution in [1.82, 2.24) is 9.97 Å². The lowest BCUT2D eigenvalue weighted by atomic mass is 10.1. The molecule has 0 saturated heterocycles. The van der Waals surface area contributed by atoms with Crippen LogP contribution >= 0.6 is 23.2 Å². The molecule has 0 N–H and O–H groups in total. The average Bonchev–Trinajstić information content (AvgIpc) is 2.75. The minimum Gasteiger partial charge on any atom is -0.308 e. The fraction of sp³-hybridized carbons (Fsp3) is 0.0952. The van der Waals surface area contributed by atoms with Crippen LogP contribution in [0.5, 0.6) is 0 Å². The molecule has 0 fully saturated rings. The van der Waals surface area contributed by atoms with Crippen molar-refractivity contribution in [2.75, 3.05) is 4.90 Å². The van der Waals surface area contributed by atoms with Crippen molar-refractivity contribution in [2.45, 2.75) is 13.0 Å². The number of nitriles is 1. The molecular weight excluding hydrogens is 411 g/mol. The molecule has 0 aliphatic rings. The molecule has 6 nitrogen and oxygen atoms in total. The second-order valence-corrected chi connectivity index (χ2v) is 6.88. The Labute approximate surface area is 177 Å². The minimum atomic E-state index is -0.494. The summed E-state index contributed by atoms with van der Waals surface area (Å²) in [5, 5.41) is 9.93. The molecule has 29 heavy (non-hydrogen) atoms. The van der Waals surface area contributed by atoms with Gasteiger partial charge in [0, 0.05) is 18.1 Å². The Morgan fingerprint density at radius 3 is 2.45 bits per heavy atom. The average molecular weight is 425 g/mol. The Balaban J connectivity index is 1.91. The van der Waals surface area contributed by atoms with Crippen LogP contribution in [0.2, 0.25) is 10.0 Å². The van der Waals surface area contributed by atoms with Crippen LogP contribution in [0.3, 0.4) is 0 Å². The number of ketones is 1. The van der Waals surface area contributed by atoms with Crippen molar-refractivity contribution >= 4 is 40.6 Å². The first-order valence-electron chi connectivity index (χ1n) is 8.52. The molecule has 1 aromatic heterocycles. The van der Waals surface area contributed by atoms with Gasteiger partial charge in [-0.25, -0.2) is 9.97 Å². The van der Waals surface area contributed by atoms with Crippen LogP contribution in [0.15, 0.2) is 60.9 Å². The van der Waals surface area contributed by atoms with E-state index in [-0.39, 0.29) is 12.4 Å². The third-order valence-corrected chi connectivity index (χ3v) is 4.78. The highest BCUT2D eigenvalue weighted by Gasteiger charge is 2.22. The monoisotopic (exact) mass is 424 g/mol. The summed E-state index contributed by atoms with van der Waals surface area (Å²) >= 11 is 12.1. The summed E-state index contributed by atoms with van der Waals surface area (Å²) in [4.78, 5) is 34.6. The van der Waals surface area contributed by atoms with E-state index in [9.17, 15) is 14.9 Å². The van der Waals surface area contributed by atoms with Crippen LogP contribution in [-0.2, 0) is 11.3 Å². The zero-order valence-corrected chi connectivity index (χ0v) is 16.6. The van der Waals surface area contributed by atoms with Gasteiger partial charge in [0.15, 0.2) is 5.82 Å². The number of benzene rings is 2. The SMILES string of the molecule is N#Cc1cccc(N(Cc2ccc(Cl)c(Cl)c2)C(=O)CC(=O)c2ncccn2)c1. The van der Waals surface area contributed by atoms with Crippen molar-refractivity contribution in [3.05, 3.63) is 87.9 Å². The van der Waals surface area contributed by atoms with Crippen molar-refractivity contribution in [3.8, 4) is 6.07 Å². The summed E-state index contributed by atoms with van der Waals surface area (Å²) in [5.74, 6) is -0.976. The van der Waals surface area contributed by atoms with Gasteiger partial charge in [-0.05, 0) is 42.0 Å². The number of carbonyl (C=O) groups is 2. The van der Waals surface area contributed by atoms with Gasteiger partial charge in [0.1, 0.15) is 0 Å². The number of rotatable bonds is 6. The van der Waals surface area contributed by atoms with E-state index in [0.717, 1.165) is 5.56 Å². The number of hydrogen-bond donors (Lipinski definition) is 0. The lowest BCUT2D eigenvalue weighted by Gasteiger charge is -2.23. The molecule has 0 atom stereocenters. The van der Waals surface area contributed by atoms with Crippen LogP contribution in [0.25, 0.3) is 0 Å². The van der Waals surface area contributed by atoms with Crippen molar-refractivity contribution < 1.29 is 9.59 Å². The summed E-state index contributed by atoms with van der Waals surface area (Å²) in [6.45, 7) is 0.146. The molecule has 0 saturated carbocycles. The standard InChI is InChI=1S/C21H14Cl2N4O2/c22-17-6-5-15(10-18(17)23)13-27(16-4-1-3-14(9-16)12-24)20(29)11-19(28)21-25-7-2-8-26-21/h1-10H,11,13H2. The van der Waals surface area contributed by atoms with E-state index in [2.05, 4.69) is 9.97 Å². The minimum absolute atomic E-state index is 0.0267. The molecule has 3 rings (SSSR count). The summed E-state index contributed by atoms with van der Waals surface area (Å²) in [7, 11) is 0. The van der Waals surface area contributed by atoms with E-state index < -0.39 is 18.1 Å². The molecule has 2 aromatic carbocycles. The number of aromatic nitrogens is 2. The van der Waals surface area contributed by atoms with Crippen LogP contribution in [0, 0.1) is 11.3 Å². The maximum Gasteiger partial charge on any atom is 0.235 e. The molecule has 1 heterocycles. The van der Waals surface area contributed by atoms with Gasteiger partial charge >= 0.3 is 0 Å². The molecule has 0 unspecified atom stereocenters. The number of Topliss-reactive ketones (excluding diaryl/α,β-unsaturated/α-hetero) is 1. The lowest BCUT2D eigenvalue weighted by molar-refractivity contribution is -0.117. The van der Waals surface area contributed by atoms with Crippen molar-refractivity contribution in [3.63, 3.8) is 0 Å². The van der Waals surface area contributed by atoms with Crippen molar-refractivity contribution in [2.24, 2.45) is 0 Å². The second-order valence-electron chi connectivity index (χ2n) is 6.06. The van der Waals surface area contributed by atoms with E-state index in [1.807, 2.05) is 6.07 Å². The van der Waals surface area contributed by atoms with E-state index in [4.69, 9.17) is 23.2 Å². The quantitative estimate of drug-likeness (QED) is 0.430. The van der Waals surface area contributed by atoms with E-state index in [0.29, 0.717) is 21.3 Å². The third-order valence-electron chi connectivity index (χ3n) is 4.04. The van der Waals surface area contributed by atoms with E-state index in [1.54, 1.807) is 48.5 Å². The first-order chi connectivity index (χ1) is 14.0. The maximum absolute atomic E-state index is 13.0. The predicted molar refractivity (Wildman–Crippen MR) is 110 cm³/mol. The lowest BCUT2D eigenvalue weighted by Crippen LogP contribution is -2.32. The molecule has 0 aliphatic carbocycles. The second kappa shape index (κ2) is 9.28. The molecule has 0 bridgehead atoms. The predicted octanol–water partition coefficient (Wildman–Crippen LogP) is 4.46. The number of nitrogens with zero attached hydrogens (tertiary/aromatic N) is 4. The number of halogens is 2. The Morgan fingerprint density at radius 1 is 1.00 bits per heavy atom. The number of anilines is 1. The third kappa shape index (κ3) is 5.17. The fourth-order valence-electron chi connectivity index (χ4n) is 2.64. The number of amides is 1. The van der Waals surface area contributed by atoms with Gasteiger partial charge in [0.2, 0.25) is 11.7 Å². The Kier molecular flexibility index (Phi) is 6.55. The Morgan fingerprint density at radius 2 is 1.76 bits per heavy atom. The zero-order valence-electron chi connectivity index (χ0n) is 15.0. The number of hydrogen-bond acceptors (Lipinski definition) is 5. The van der Waals surface area contributed by atoms with Gasteiger partial charge < -0.3 is 4.90 Å². The first-order valence-corrected chi connectivity index (χ1v) is 9.28. The molecule has 0 spiro atoms. The first kappa shape index (κ1) is 20.5. The zero-order chi connectivity index (χ0) is 20.8. The maximum atomic E-state index is 13.0.